The number of nitrogens with one attached hydrogen (secondary N) is 1. The Hall–Kier alpha value is -3.74. The topological polar surface area (TPSA) is 152 Å². The summed E-state index contributed by atoms with van der Waals surface area (Å²) in [6, 6.07) is 8.70. The van der Waals surface area contributed by atoms with Crippen molar-refractivity contribution in [1.82, 2.24) is 14.5 Å². The van der Waals surface area contributed by atoms with E-state index in [-0.39, 0.29) is 27.9 Å². The van der Waals surface area contributed by atoms with E-state index in [4.69, 9.17) is 10.2 Å². The minimum Gasteiger partial charge on any atom is -0.477 e. The van der Waals surface area contributed by atoms with Crippen LogP contribution in [-0.4, -0.2) is 58.8 Å². The Balaban J connectivity index is 1.54. The number of hydrogen-bond donors (Lipinski definition) is 3. The number of aromatic nitrogens is 2. The van der Waals surface area contributed by atoms with E-state index in [0.29, 0.717) is 41.9 Å². The van der Waals surface area contributed by atoms with Gasteiger partial charge in [-0.25, -0.2) is 22.4 Å². The molecule has 1 fully saturated rings. The summed E-state index contributed by atoms with van der Waals surface area (Å²) in [5.41, 5.74) is 7.32. The summed E-state index contributed by atoms with van der Waals surface area (Å²) in [6.45, 7) is 5.59. The van der Waals surface area contributed by atoms with Gasteiger partial charge in [-0.05, 0) is 31.0 Å². The van der Waals surface area contributed by atoms with Crippen LogP contribution in [0.15, 0.2) is 51.8 Å². The lowest BCUT2D eigenvalue weighted by atomic mass is 9.94. The number of carboxylic acid groups (broad SMARTS) is 1. The standard InChI is InChI=1S/C27H29FN4O6S/c1-15(32-11-18(38-26(32)35)10-31-13-27(2,29)14-31)19-5-4-6-20-22(24(25(33)34)30-23(19)20)16-7-8-17(21(28)9-16)12-39(3,36)37/h4-9,11,15,30H,10,12-14,29H2,1-3H3,(H,33,34)/t15-/m0/s1. The largest absolute Gasteiger partial charge is 0.477 e. The molecule has 0 spiro atoms. The summed E-state index contributed by atoms with van der Waals surface area (Å²) in [5, 5.41) is 10.5. The highest BCUT2D eigenvalue weighted by Gasteiger charge is 2.35. The van der Waals surface area contributed by atoms with E-state index in [0.717, 1.165) is 12.3 Å². The minimum absolute atomic E-state index is 0.00303. The second-order valence-corrected chi connectivity index (χ2v) is 12.8. The Kier molecular flexibility index (Phi) is 6.52. The van der Waals surface area contributed by atoms with Crippen LogP contribution in [0.5, 0.6) is 0 Å². The quantitative estimate of drug-likeness (QED) is 0.299. The first-order chi connectivity index (χ1) is 18.2. The Morgan fingerprint density at radius 3 is 2.62 bits per heavy atom. The number of carbonyl (C=O) groups is 1. The van der Waals surface area contributed by atoms with Crippen molar-refractivity contribution in [3.8, 4) is 11.1 Å². The smallest absolute Gasteiger partial charge is 0.419 e. The SMILES string of the molecule is C[C@@H](c1cccc2c(-c3ccc(CS(C)(=O)=O)c(F)c3)c(C(=O)O)[nH]c12)n1cc(CN2CC(C)(N)C2)oc1=O. The number of nitrogens with two attached hydrogens (primary N) is 1. The summed E-state index contributed by atoms with van der Waals surface area (Å²) in [4.78, 5) is 30.0. The Morgan fingerprint density at radius 2 is 2.00 bits per heavy atom. The van der Waals surface area contributed by atoms with Crippen LogP contribution in [0.3, 0.4) is 0 Å². The summed E-state index contributed by atoms with van der Waals surface area (Å²) >= 11 is 0. The number of hydrogen-bond acceptors (Lipinski definition) is 7. The van der Waals surface area contributed by atoms with Crippen molar-refractivity contribution in [2.24, 2.45) is 5.73 Å². The van der Waals surface area contributed by atoms with Gasteiger partial charge in [0.25, 0.3) is 0 Å². The zero-order valence-corrected chi connectivity index (χ0v) is 22.5. The van der Waals surface area contributed by atoms with Crippen LogP contribution >= 0.6 is 0 Å². The van der Waals surface area contributed by atoms with Gasteiger partial charge in [0.15, 0.2) is 9.84 Å². The van der Waals surface area contributed by atoms with E-state index in [2.05, 4.69) is 9.88 Å². The molecular formula is C27H29FN4O6S. The van der Waals surface area contributed by atoms with E-state index in [1.807, 2.05) is 6.92 Å². The molecule has 2 aromatic carbocycles. The maximum atomic E-state index is 14.9. The Labute approximate surface area is 223 Å². The van der Waals surface area contributed by atoms with Crippen LogP contribution in [0.4, 0.5) is 4.39 Å². The number of likely N-dealkylation sites (tertiary alicyclic amines) is 1. The molecular weight excluding hydrogens is 527 g/mol. The summed E-state index contributed by atoms with van der Waals surface area (Å²) in [7, 11) is -3.46. The molecule has 0 unspecified atom stereocenters. The highest BCUT2D eigenvalue weighted by molar-refractivity contribution is 7.89. The van der Waals surface area contributed by atoms with Gasteiger partial charge in [-0.2, -0.15) is 0 Å². The number of rotatable bonds is 8. The molecule has 0 radical (unpaired) electrons. The number of fused-ring (bicyclic) bond motifs is 1. The van der Waals surface area contributed by atoms with Gasteiger partial charge in [0, 0.05) is 41.4 Å². The van der Waals surface area contributed by atoms with Gasteiger partial charge in [-0.3, -0.25) is 9.47 Å². The average Bonchev–Trinajstić information content (AvgIpc) is 3.38. The van der Waals surface area contributed by atoms with Crippen molar-refractivity contribution < 1.29 is 27.1 Å². The highest BCUT2D eigenvalue weighted by Crippen LogP contribution is 2.37. The van der Waals surface area contributed by atoms with Gasteiger partial charge in [-0.15, -0.1) is 0 Å². The average molecular weight is 557 g/mol. The van der Waals surface area contributed by atoms with Crippen LogP contribution in [0.25, 0.3) is 22.0 Å². The molecule has 1 aliphatic heterocycles. The number of carboxylic acids is 1. The number of nitrogens with zero attached hydrogens (tertiary/aromatic N) is 2. The second kappa shape index (κ2) is 9.47. The molecule has 1 atom stereocenters. The fourth-order valence-electron chi connectivity index (χ4n) is 5.35. The van der Waals surface area contributed by atoms with Gasteiger partial charge in [0.05, 0.1) is 30.1 Å². The number of benzene rings is 2. The number of aromatic amines is 1. The second-order valence-electron chi connectivity index (χ2n) is 10.7. The van der Waals surface area contributed by atoms with Crippen LogP contribution in [0.1, 0.15) is 47.3 Å². The number of H-pyrrole nitrogens is 1. The Bertz CT molecular complexity index is 1760. The van der Waals surface area contributed by atoms with Crippen molar-refractivity contribution in [1.29, 1.82) is 0 Å². The molecule has 10 nitrogen and oxygen atoms in total. The van der Waals surface area contributed by atoms with E-state index in [1.54, 1.807) is 31.3 Å². The van der Waals surface area contributed by atoms with Crippen molar-refractivity contribution in [3.05, 3.63) is 81.5 Å². The van der Waals surface area contributed by atoms with Gasteiger partial charge in [-0.1, -0.05) is 30.3 Å². The van der Waals surface area contributed by atoms with Gasteiger partial charge in [0.1, 0.15) is 17.3 Å². The van der Waals surface area contributed by atoms with Crippen LogP contribution < -0.4 is 11.5 Å². The maximum absolute atomic E-state index is 14.9. The molecule has 39 heavy (non-hydrogen) atoms. The van der Waals surface area contributed by atoms with Gasteiger partial charge < -0.3 is 20.2 Å². The predicted octanol–water partition coefficient (Wildman–Crippen LogP) is 3.11. The van der Waals surface area contributed by atoms with Crippen LogP contribution in [0, 0.1) is 5.82 Å². The zero-order chi connectivity index (χ0) is 28.3. The number of oxazole rings is 1. The first-order valence-electron chi connectivity index (χ1n) is 12.3. The fraction of sp³-hybridized carbons (Fsp3) is 0.333. The summed E-state index contributed by atoms with van der Waals surface area (Å²) in [6.07, 6.45) is 2.66. The third-order valence-corrected chi connectivity index (χ3v) is 7.80. The van der Waals surface area contributed by atoms with Gasteiger partial charge in [0.2, 0.25) is 0 Å². The number of sulfone groups is 1. The van der Waals surface area contributed by atoms with E-state index in [9.17, 15) is 27.5 Å². The monoisotopic (exact) mass is 556 g/mol. The third kappa shape index (κ3) is 5.27. The maximum Gasteiger partial charge on any atom is 0.419 e. The first kappa shape index (κ1) is 26.9. The zero-order valence-electron chi connectivity index (χ0n) is 21.7. The lowest BCUT2D eigenvalue weighted by molar-refractivity contribution is 0.0687. The van der Waals surface area contributed by atoms with Crippen LogP contribution in [0.2, 0.25) is 0 Å². The molecule has 12 heteroatoms. The molecule has 4 N–H and O–H groups in total. The van der Waals surface area contributed by atoms with E-state index >= 15 is 0 Å². The number of para-hydroxylation sites is 1. The molecule has 1 saturated heterocycles. The van der Waals surface area contributed by atoms with E-state index in [1.165, 1.54) is 16.7 Å². The lowest BCUT2D eigenvalue weighted by Crippen LogP contribution is -2.64. The normalized spacial score (nSPS) is 16.3. The molecule has 0 bridgehead atoms. The third-order valence-electron chi connectivity index (χ3n) is 6.97. The molecule has 0 aliphatic carbocycles. The molecule has 0 saturated carbocycles. The summed E-state index contributed by atoms with van der Waals surface area (Å²) < 4.78 is 45.1. The molecule has 5 rings (SSSR count). The molecule has 3 heterocycles. The predicted molar refractivity (Wildman–Crippen MR) is 144 cm³/mol. The molecule has 4 aromatic rings. The highest BCUT2D eigenvalue weighted by atomic mass is 32.2. The fourth-order valence-corrected chi connectivity index (χ4v) is 6.15. The molecule has 2 aromatic heterocycles. The van der Waals surface area contributed by atoms with Crippen molar-refractivity contribution in [2.45, 2.75) is 37.7 Å². The number of aromatic carboxylic acids is 1. The molecule has 0 amide bonds. The molecule has 206 valence electrons. The number of halogens is 1. The minimum atomic E-state index is -3.46. The van der Waals surface area contributed by atoms with Crippen molar-refractivity contribution in [3.63, 3.8) is 0 Å². The van der Waals surface area contributed by atoms with Crippen LogP contribution in [-0.2, 0) is 22.1 Å². The van der Waals surface area contributed by atoms with Crippen molar-refractivity contribution >= 4 is 26.7 Å². The first-order valence-corrected chi connectivity index (χ1v) is 14.3. The molecule has 1 aliphatic rings. The van der Waals surface area contributed by atoms with Gasteiger partial charge >= 0.3 is 11.7 Å². The van der Waals surface area contributed by atoms with E-state index < -0.39 is 39.2 Å². The van der Waals surface area contributed by atoms with Crippen molar-refractivity contribution in [2.75, 3.05) is 19.3 Å². The Morgan fingerprint density at radius 1 is 1.28 bits per heavy atom. The summed E-state index contributed by atoms with van der Waals surface area (Å²) in [5.74, 6) is -2.50. The lowest BCUT2D eigenvalue weighted by Gasteiger charge is -2.44.